The number of piperidine rings is 1. The highest BCUT2D eigenvalue weighted by atomic mass is 16.2. The number of carbonyl (C=O) groups is 1. The van der Waals surface area contributed by atoms with Gasteiger partial charge in [-0.25, -0.2) is 0 Å². The van der Waals surface area contributed by atoms with Gasteiger partial charge in [0.25, 0.3) is 0 Å². The quantitative estimate of drug-likeness (QED) is 0.781. The van der Waals surface area contributed by atoms with Crippen LogP contribution < -0.4 is 0 Å². The van der Waals surface area contributed by atoms with E-state index in [-0.39, 0.29) is 17.4 Å². The van der Waals surface area contributed by atoms with Crippen LogP contribution in [-0.2, 0) is 4.79 Å². The lowest BCUT2D eigenvalue weighted by Gasteiger charge is -2.39. The van der Waals surface area contributed by atoms with E-state index < -0.39 is 0 Å². The molecule has 1 atom stereocenters. The zero-order chi connectivity index (χ0) is 13.9. The lowest BCUT2D eigenvalue weighted by atomic mass is 9.76. The Morgan fingerprint density at radius 3 is 2.58 bits per heavy atom. The molecule has 1 unspecified atom stereocenters. The van der Waals surface area contributed by atoms with Gasteiger partial charge >= 0.3 is 0 Å². The molecule has 0 bridgehead atoms. The molecule has 0 aromatic heterocycles. The van der Waals surface area contributed by atoms with Gasteiger partial charge in [0, 0.05) is 12.0 Å². The molecule has 106 valence electrons. The fourth-order valence-corrected chi connectivity index (χ4v) is 3.95. The molecule has 1 heterocycles. The number of hydrogen-bond acceptors (Lipinski definition) is 2. The average molecular weight is 262 g/mol. The molecule has 19 heavy (non-hydrogen) atoms. The van der Waals surface area contributed by atoms with Crippen LogP contribution in [0.5, 0.6) is 0 Å². The first kappa shape index (κ1) is 14.4. The second kappa shape index (κ2) is 5.94. The first-order valence-electron chi connectivity index (χ1n) is 7.80. The molecule has 1 aliphatic carbocycles. The summed E-state index contributed by atoms with van der Waals surface area (Å²) in [5.41, 5.74) is -0.152. The number of nitrogens with zero attached hydrogens (tertiary/aromatic N) is 2. The van der Waals surface area contributed by atoms with Gasteiger partial charge in [0.15, 0.2) is 0 Å². The van der Waals surface area contributed by atoms with Gasteiger partial charge in [-0.1, -0.05) is 26.7 Å². The zero-order valence-electron chi connectivity index (χ0n) is 12.3. The highest BCUT2D eigenvalue weighted by Crippen LogP contribution is 2.45. The Balaban J connectivity index is 2.17. The van der Waals surface area contributed by atoms with Gasteiger partial charge < -0.3 is 4.90 Å². The number of hydrogen-bond donors (Lipinski definition) is 0. The van der Waals surface area contributed by atoms with Crippen molar-refractivity contribution < 1.29 is 4.79 Å². The maximum absolute atomic E-state index is 13.0. The highest BCUT2D eigenvalue weighted by Gasteiger charge is 2.45. The fraction of sp³-hybridized carbons (Fsp3) is 0.875. The first-order chi connectivity index (χ1) is 9.09. The molecule has 0 aromatic carbocycles. The highest BCUT2D eigenvalue weighted by molar-refractivity contribution is 5.83. The minimum Gasteiger partial charge on any atom is -0.326 e. The third-order valence-corrected chi connectivity index (χ3v) is 4.73. The van der Waals surface area contributed by atoms with Crippen LogP contribution in [0.4, 0.5) is 0 Å². The Kier molecular flexibility index (Phi) is 4.50. The number of carbonyl (C=O) groups excluding carboxylic acids is 1. The average Bonchev–Trinajstić information content (AvgIpc) is 2.86. The Morgan fingerprint density at radius 2 is 2.00 bits per heavy atom. The van der Waals surface area contributed by atoms with Crippen LogP contribution in [0.3, 0.4) is 0 Å². The lowest BCUT2D eigenvalue weighted by Crippen LogP contribution is -2.50. The van der Waals surface area contributed by atoms with Gasteiger partial charge in [-0.2, -0.15) is 5.26 Å². The predicted octanol–water partition coefficient (Wildman–Crippen LogP) is 3.50. The van der Waals surface area contributed by atoms with E-state index in [1.807, 2.05) is 4.90 Å². The third-order valence-electron chi connectivity index (χ3n) is 4.73. The van der Waals surface area contributed by atoms with Crippen LogP contribution in [0.1, 0.15) is 65.2 Å². The Hall–Kier alpha value is -1.04. The van der Waals surface area contributed by atoms with Gasteiger partial charge in [0.05, 0.1) is 6.07 Å². The minimum absolute atomic E-state index is 0.152. The standard InChI is InChI=1S/C16H26N2O/c1-13(2)11-16(8-4-5-9-16)15(19)18-10-6-3-7-14(18)12-17/h13-14H,3-11H2,1-2H3. The molecule has 3 heteroatoms. The van der Waals surface area contributed by atoms with Crippen molar-refractivity contribution in [2.75, 3.05) is 6.54 Å². The summed E-state index contributed by atoms with van der Waals surface area (Å²) in [7, 11) is 0. The van der Waals surface area contributed by atoms with Crippen LogP contribution >= 0.6 is 0 Å². The van der Waals surface area contributed by atoms with E-state index in [4.69, 9.17) is 0 Å². The summed E-state index contributed by atoms with van der Waals surface area (Å²) in [5.74, 6) is 0.831. The molecule has 0 aromatic rings. The van der Waals surface area contributed by atoms with Crippen LogP contribution in [0.25, 0.3) is 0 Å². The summed E-state index contributed by atoms with van der Waals surface area (Å²) < 4.78 is 0. The smallest absolute Gasteiger partial charge is 0.229 e. The summed E-state index contributed by atoms with van der Waals surface area (Å²) in [4.78, 5) is 14.9. The summed E-state index contributed by atoms with van der Waals surface area (Å²) in [6.45, 7) is 5.19. The van der Waals surface area contributed by atoms with E-state index in [0.717, 1.165) is 45.1 Å². The van der Waals surface area contributed by atoms with E-state index in [1.165, 1.54) is 12.8 Å². The zero-order valence-corrected chi connectivity index (χ0v) is 12.3. The molecular weight excluding hydrogens is 236 g/mol. The summed E-state index contributed by atoms with van der Waals surface area (Å²) in [6.07, 6.45) is 8.38. The van der Waals surface area contributed by atoms with E-state index >= 15 is 0 Å². The normalized spacial score (nSPS) is 26.4. The van der Waals surface area contributed by atoms with E-state index in [0.29, 0.717) is 5.92 Å². The van der Waals surface area contributed by atoms with Crippen molar-refractivity contribution >= 4 is 5.91 Å². The van der Waals surface area contributed by atoms with Crippen molar-refractivity contribution in [2.45, 2.75) is 71.3 Å². The SMILES string of the molecule is CC(C)CC1(C(=O)N2CCCCC2C#N)CCCC1. The van der Waals surface area contributed by atoms with Crippen LogP contribution in [-0.4, -0.2) is 23.4 Å². The van der Waals surface area contributed by atoms with Crippen molar-refractivity contribution in [3.8, 4) is 6.07 Å². The molecule has 0 spiro atoms. The maximum Gasteiger partial charge on any atom is 0.229 e. The first-order valence-corrected chi connectivity index (χ1v) is 7.80. The van der Waals surface area contributed by atoms with Gasteiger partial charge in [0.1, 0.15) is 6.04 Å². The molecule has 3 nitrogen and oxygen atoms in total. The van der Waals surface area contributed by atoms with Gasteiger partial charge in [-0.05, 0) is 44.4 Å². The Morgan fingerprint density at radius 1 is 1.32 bits per heavy atom. The number of amides is 1. The van der Waals surface area contributed by atoms with Crippen molar-refractivity contribution in [2.24, 2.45) is 11.3 Å². The second-order valence-electron chi connectivity index (χ2n) is 6.72. The largest absolute Gasteiger partial charge is 0.326 e. The molecule has 1 amide bonds. The molecule has 2 aliphatic rings. The predicted molar refractivity (Wildman–Crippen MR) is 75.3 cm³/mol. The van der Waals surface area contributed by atoms with Gasteiger partial charge in [0.2, 0.25) is 5.91 Å². The number of rotatable bonds is 3. The molecular formula is C16H26N2O. The van der Waals surface area contributed by atoms with Gasteiger partial charge in [-0.3, -0.25) is 4.79 Å². The van der Waals surface area contributed by atoms with Crippen molar-refractivity contribution in [1.82, 2.24) is 4.90 Å². The minimum atomic E-state index is -0.175. The monoisotopic (exact) mass is 262 g/mol. The Labute approximate surface area is 117 Å². The van der Waals surface area contributed by atoms with Crippen molar-refractivity contribution in [1.29, 1.82) is 5.26 Å². The summed E-state index contributed by atoms with van der Waals surface area (Å²) in [5, 5.41) is 9.28. The molecule has 1 saturated carbocycles. The third kappa shape index (κ3) is 2.94. The maximum atomic E-state index is 13.0. The van der Waals surface area contributed by atoms with E-state index in [9.17, 15) is 10.1 Å². The van der Waals surface area contributed by atoms with E-state index in [1.54, 1.807) is 0 Å². The summed E-state index contributed by atoms with van der Waals surface area (Å²) >= 11 is 0. The molecule has 2 fully saturated rings. The topological polar surface area (TPSA) is 44.1 Å². The van der Waals surface area contributed by atoms with Crippen LogP contribution in [0.2, 0.25) is 0 Å². The molecule has 1 aliphatic heterocycles. The molecule has 1 saturated heterocycles. The van der Waals surface area contributed by atoms with E-state index in [2.05, 4.69) is 19.9 Å². The fourth-order valence-electron chi connectivity index (χ4n) is 3.95. The van der Waals surface area contributed by atoms with Crippen LogP contribution in [0.15, 0.2) is 0 Å². The van der Waals surface area contributed by atoms with Crippen molar-refractivity contribution in [3.05, 3.63) is 0 Å². The lowest BCUT2D eigenvalue weighted by molar-refractivity contribution is -0.145. The molecule has 2 rings (SSSR count). The second-order valence-corrected chi connectivity index (χ2v) is 6.72. The Bertz CT molecular complexity index is 363. The molecule has 0 N–H and O–H groups in total. The van der Waals surface area contributed by atoms with Crippen LogP contribution in [0, 0.1) is 22.7 Å². The van der Waals surface area contributed by atoms with Crippen molar-refractivity contribution in [3.63, 3.8) is 0 Å². The summed E-state index contributed by atoms with van der Waals surface area (Å²) in [6, 6.07) is 2.16. The number of likely N-dealkylation sites (tertiary alicyclic amines) is 1. The molecule has 0 radical (unpaired) electrons. The number of nitriles is 1. The van der Waals surface area contributed by atoms with Gasteiger partial charge in [-0.15, -0.1) is 0 Å².